The molecule has 0 radical (unpaired) electrons. The number of rotatable bonds is 13. The number of carbonyl (C=O) groups excluding carboxylic acids is 2. The Morgan fingerprint density at radius 2 is 1.72 bits per heavy atom. The van der Waals surface area contributed by atoms with Crippen LogP contribution in [0.15, 0.2) is 75.5 Å². The molecule has 0 aromatic heterocycles. The van der Waals surface area contributed by atoms with Gasteiger partial charge in [-0.05, 0) is 74.9 Å². The summed E-state index contributed by atoms with van der Waals surface area (Å²) in [6, 6.07) is 16.8. The average molecular weight is 649 g/mol. The van der Waals surface area contributed by atoms with Gasteiger partial charge in [-0.15, -0.1) is 0 Å². The van der Waals surface area contributed by atoms with E-state index in [-0.39, 0.29) is 46.8 Å². The number of amides is 2. The maximum absolute atomic E-state index is 14.2. The molecule has 1 heterocycles. The van der Waals surface area contributed by atoms with Gasteiger partial charge < -0.3 is 25.0 Å². The summed E-state index contributed by atoms with van der Waals surface area (Å²) < 4.78 is 39.0. The normalized spacial score (nSPS) is 13.8. The molecule has 0 unspecified atom stereocenters. The summed E-state index contributed by atoms with van der Waals surface area (Å²) in [5, 5.41) is 5.60. The van der Waals surface area contributed by atoms with E-state index in [4.69, 9.17) is 14.5 Å². The molecule has 13 heteroatoms. The van der Waals surface area contributed by atoms with E-state index in [9.17, 15) is 18.0 Å². The number of methoxy groups -OCH3 is 1. The molecule has 4 rings (SSSR count). The van der Waals surface area contributed by atoms with Gasteiger partial charge >= 0.3 is 0 Å². The number of fused-ring (bicyclic) bond motifs is 1. The summed E-state index contributed by atoms with van der Waals surface area (Å²) in [6.45, 7) is 9.88. The highest BCUT2D eigenvalue weighted by molar-refractivity contribution is 7.90. The second kappa shape index (κ2) is 15.0. The second-order valence-corrected chi connectivity index (χ2v) is 12.3. The van der Waals surface area contributed by atoms with Crippen molar-refractivity contribution in [3.05, 3.63) is 66.2 Å². The van der Waals surface area contributed by atoms with Crippen LogP contribution in [0, 0.1) is 6.92 Å². The number of hydrogen-bond donors (Lipinski definition) is 2. The van der Waals surface area contributed by atoms with Crippen molar-refractivity contribution >= 4 is 61.8 Å². The molecular weight excluding hydrogens is 608 g/mol. The molecule has 3 aromatic carbocycles. The van der Waals surface area contributed by atoms with Crippen molar-refractivity contribution in [3.63, 3.8) is 0 Å². The SMILES string of the molecule is CCC(=O)Nc1ccc(OCCOC)c(NC(=O)C(=Nc2ccc(N(CC)CC)cc2C)C2=Nc3ccccc3S(=O)(=O)N2C)c1. The Labute approximate surface area is 270 Å². The topological polar surface area (TPSA) is 142 Å². The Bertz CT molecular complexity index is 1770. The van der Waals surface area contributed by atoms with Crippen LogP contribution in [-0.4, -0.2) is 76.5 Å². The molecule has 244 valence electrons. The van der Waals surface area contributed by atoms with E-state index in [2.05, 4.69) is 34.4 Å². The Kier molecular flexibility index (Phi) is 11.1. The van der Waals surface area contributed by atoms with Crippen LogP contribution in [0.2, 0.25) is 0 Å². The third kappa shape index (κ3) is 7.54. The third-order valence-corrected chi connectivity index (χ3v) is 9.17. The van der Waals surface area contributed by atoms with Crippen molar-refractivity contribution in [2.75, 3.05) is 56.0 Å². The summed E-state index contributed by atoms with van der Waals surface area (Å²) in [5.41, 5.74) is 2.88. The van der Waals surface area contributed by atoms with Gasteiger partial charge in [0.05, 0.1) is 23.7 Å². The quantitative estimate of drug-likeness (QED) is 0.189. The number of benzene rings is 3. The minimum Gasteiger partial charge on any atom is -0.489 e. The number of aryl methyl sites for hydroxylation is 1. The molecule has 46 heavy (non-hydrogen) atoms. The van der Waals surface area contributed by atoms with Crippen molar-refractivity contribution < 1.29 is 27.5 Å². The van der Waals surface area contributed by atoms with Crippen LogP contribution >= 0.6 is 0 Å². The van der Waals surface area contributed by atoms with Gasteiger partial charge in [-0.1, -0.05) is 19.1 Å². The fourth-order valence-corrected chi connectivity index (χ4v) is 6.06. The zero-order chi connectivity index (χ0) is 33.4. The lowest BCUT2D eigenvalue weighted by molar-refractivity contribution is -0.116. The lowest BCUT2D eigenvalue weighted by Gasteiger charge is -2.27. The van der Waals surface area contributed by atoms with Crippen molar-refractivity contribution in [2.24, 2.45) is 9.98 Å². The van der Waals surface area contributed by atoms with E-state index in [1.54, 1.807) is 56.5 Å². The van der Waals surface area contributed by atoms with Gasteiger partial charge in [0.25, 0.3) is 15.9 Å². The van der Waals surface area contributed by atoms with Crippen LogP contribution in [0.4, 0.5) is 28.4 Å². The number of hydrogen-bond acceptors (Lipinski definition) is 9. The van der Waals surface area contributed by atoms with Crippen molar-refractivity contribution in [1.82, 2.24) is 4.31 Å². The number of ether oxygens (including phenoxy) is 2. The molecular formula is C33H40N6O6S. The Morgan fingerprint density at radius 3 is 2.39 bits per heavy atom. The maximum atomic E-state index is 14.2. The molecule has 0 saturated carbocycles. The van der Waals surface area contributed by atoms with Gasteiger partial charge in [0.1, 0.15) is 17.3 Å². The number of nitrogens with one attached hydrogen (secondary N) is 2. The molecule has 2 N–H and O–H groups in total. The van der Waals surface area contributed by atoms with Crippen LogP contribution in [0.1, 0.15) is 32.8 Å². The lowest BCUT2D eigenvalue weighted by atomic mass is 10.1. The van der Waals surface area contributed by atoms with E-state index in [1.807, 2.05) is 19.1 Å². The Hall–Kier alpha value is -4.75. The van der Waals surface area contributed by atoms with Crippen LogP contribution in [0.25, 0.3) is 0 Å². The second-order valence-electron chi connectivity index (χ2n) is 10.4. The molecule has 0 saturated heterocycles. The number of anilines is 3. The highest BCUT2D eigenvalue weighted by Gasteiger charge is 2.36. The molecule has 0 spiro atoms. The number of para-hydroxylation sites is 1. The molecule has 0 aliphatic carbocycles. The highest BCUT2D eigenvalue weighted by Crippen LogP contribution is 2.34. The van der Waals surface area contributed by atoms with E-state index in [0.717, 1.165) is 28.6 Å². The average Bonchev–Trinajstić information content (AvgIpc) is 3.04. The Balaban J connectivity index is 1.85. The summed E-state index contributed by atoms with van der Waals surface area (Å²) in [6.07, 6.45) is 0.263. The molecule has 1 aliphatic rings. The zero-order valence-electron chi connectivity index (χ0n) is 27.0. The van der Waals surface area contributed by atoms with E-state index >= 15 is 0 Å². The number of aliphatic imine (C=N–C) groups is 2. The number of carbonyl (C=O) groups is 2. The maximum Gasteiger partial charge on any atom is 0.278 e. The van der Waals surface area contributed by atoms with Crippen molar-refractivity contribution in [1.29, 1.82) is 0 Å². The summed E-state index contributed by atoms with van der Waals surface area (Å²) in [5.74, 6) is -0.780. The molecule has 3 aromatic rings. The largest absolute Gasteiger partial charge is 0.489 e. The predicted octanol–water partition coefficient (Wildman–Crippen LogP) is 5.29. The number of sulfonamides is 1. The monoisotopic (exact) mass is 648 g/mol. The van der Waals surface area contributed by atoms with Gasteiger partial charge in [0.15, 0.2) is 11.5 Å². The van der Waals surface area contributed by atoms with E-state index < -0.39 is 15.9 Å². The fraction of sp³-hybridized carbons (Fsp3) is 0.333. The summed E-state index contributed by atoms with van der Waals surface area (Å²) in [7, 11) is -1.17. The molecule has 12 nitrogen and oxygen atoms in total. The first-order valence-corrected chi connectivity index (χ1v) is 16.5. The molecule has 0 atom stereocenters. The van der Waals surface area contributed by atoms with Crippen LogP contribution in [0.3, 0.4) is 0 Å². The van der Waals surface area contributed by atoms with Gasteiger partial charge in [0, 0.05) is 45.0 Å². The molecule has 0 bridgehead atoms. The van der Waals surface area contributed by atoms with Gasteiger partial charge in [-0.3, -0.25) is 13.9 Å². The first kappa shape index (κ1) is 34.1. The molecule has 0 fully saturated rings. The van der Waals surface area contributed by atoms with Gasteiger partial charge in [0.2, 0.25) is 5.91 Å². The minimum atomic E-state index is -4.05. The van der Waals surface area contributed by atoms with E-state index in [1.165, 1.54) is 13.1 Å². The highest BCUT2D eigenvalue weighted by atomic mass is 32.2. The Morgan fingerprint density at radius 1 is 0.978 bits per heavy atom. The smallest absolute Gasteiger partial charge is 0.278 e. The first-order chi connectivity index (χ1) is 22.0. The van der Waals surface area contributed by atoms with Crippen LogP contribution in [-0.2, 0) is 24.3 Å². The minimum absolute atomic E-state index is 0.0222. The number of amidine groups is 1. The summed E-state index contributed by atoms with van der Waals surface area (Å²) >= 11 is 0. The van der Waals surface area contributed by atoms with E-state index in [0.29, 0.717) is 23.7 Å². The van der Waals surface area contributed by atoms with Crippen LogP contribution < -0.4 is 20.3 Å². The standard InChI is InChI=1S/C33H40N6O6S/c1-7-30(40)34-23-14-17-28(45-19-18-44-6)27(21-23)37-33(41)31(35-25-16-15-24(20-22(25)4)39(8-2)9-3)32-36-26-12-10-11-13-29(26)46(42,43)38(32)5/h10-17,20-21H,7-9,18-19H2,1-6H3,(H,34,40)(H,37,41). The zero-order valence-corrected chi connectivity index (χ0v) is 27.8. The van der Waals surface area contributed by atoms with Crippen LogP contribution in [0.5, 0.6) is 5.75 Å². The van der Waals surface area contributed by atoms with Gasteiger partial charge in [-0.2, -0.15) is 0 Å². The third-order valence-electron chi connectivity index (χ3n) is 7.37. The van der Waals surface area contributed by atoms with Crippen molar-refractivity contribution in [2.45, 2.75) is 39.0 Å². The fourth-order valence-electron chi connectivity index (χ4n) is 4.79. The number of nitrogens with zero attached hydrogens (tertiary/aromatic N) is 4. The molecule has 1 aliphatic heterocycles. The predicted molar refractivity (Wildman–Crippen MR) is 182 cm³/mol. The van der Waals surface area contributed by atoms with Gasteiger partial charge in [-0.25, -0.2) is 18.4 Å². The molecule has 2 amide bonds. The summed E-state index contributed by atoms with van der Waals surface area (Å²) in [4.78, 5) is 37.9. The first-order valence-electron chi connectivity index (χ1n) is 15.0. The van der Waals surface area contributed by atoms with Crippen molar-refractivity contribution in [3.8, 4) is 5.75 Å². The lowest BCUT2D eigenvalue weighted by Crippen LogP contribution is -2.44.